The van der Waals surface area contributed by atoms with Gasteiger partial charge in [-0.2, -0.15) is 0 Å². The molecular formula is C14H21NO2. The van der Waals surface area contributed by atoms with E-state index in [-0.39, 0.29) is 23.0 Å². The van der Waals surface area contributed by atoms with Crippen molar-refractivity contribution < 1.29 is 9.59 Å². The van der Waals surface area contributed by atoms with E-state index in [2.05, 4.69) is 11.8 Å². The number of carbonyl (C=O) groups is 2. The van der Waals surface area contributed by atoms with Gasteiger partial charge < -0.3 is 4.90 Å². The topological polar surface area (TPSA) is 37.4 Å². The molecule has 0 radical (unpaired) electrons. The van der Waals surface area contributed by atoms with E-state index in [0.29, 0.717) is 19.5 Å². The summed E-state index contributed by atoms with van der Waals surface area (Å²) in [5, 5.41) is 0. The standard InChI is InChI=1S/C14H21NO2/c1-11-10-15(9-5-6-12(11)16)13(17)7-8-14(2,3)4/h11H,5-6,9-10H2,1-4H3. The zero-order valence-electron chi connectivity index (χ0n) is 11.2. The Kier molecular flexibility index (Phi) is 4.34. The van der Waals surface area contributed by atoms with Gasteiger partial charge in [-0.3, -0.25) is 9.59 Å². The highest BCUT2D eigenvalue weighted by Gasteiger charge is 2.23. The molecule has 0 N–H and O–H groups in total. The molecule has 1 heterocycles. The van der Waals surface area contributed by atoms with Crippen LogP contribution in [0.3, 0.4) is 0 Å². The maximum absolute atomic E-state index is 11.9. The first kappa shape index (κ1) is 13.8. The molecule has 94 valence electrons. The summed E-state index contributed by atoms with van der Waals surface area (Å²) in [5.74, 6) is 5.67. The molecule has 1 unspecified atom stereocenters. The molecule has 1 aliphatic heterocycles. The van der Waals surface area contributed by atoms with Gasteiger partial charge in [0.25, 0.3) is 5.91 Å². The van der Waals surface area contributed by atoms with E-state index < -0.39 is 0 Å². The van der Waals surface area contributed by atoms with Gasteiger partial charge in [0.15, 0.2) is 0 Å². The van der Waals surface area contributed by atoms with Crippen LogP contribution in [-0.4, -0.2) is 29.7 Å². The Morgan fingerprint density at radius 3 is 2.65 bits per heavy atom. The molecule has 0 aromatic carbocycles. The fourth-order valence-corrected chi connectivity index (χ4v) is 1.72. The highest BCUT2D eigenvalue weighted by atomic mass is 16.2. The van der Waals surface area contributed by atoms with Crippen molar-refractivity contribution in [2.75, 3.05) is 13.1 Å². The smallest absolute Gasteiger partial charge is 0.298 e. The van der Waals surface area contributed by atoms with E-state index in [1.54, 1.807) is 4.90 Å². The quantitative estimate of drug-likeness (QED) is 0.601. The fourth-order valence-electron chi connectivity index (χ4n) is 1.72. The Labute approximate surface area is 104 Å². The van der Waals surface area contributed by atoms with Gasteiger partial charge in [0.05, 0.1) is 0 Å². The molecule has 1 aliphatic rings. The number of nitrogens with zero attached hydrogens (tertiary/aromatic N) is 1. The molecule has 1 saturated heterocycles. The van der Waals surface area contributed by atoms with Crippen LogP contribution >= 0.6 is 0 Å². The predicted molar refractivity (Wildman–Crippen MR) is 67.2 cm³/mol. The van der Waals surface area contributed by atoms with Crippen molar-refractivity contribution in [2.24, 2.45) is 11.3 Å². The van der Waals surface area contributed by atoms with Gasteiger partial charge in [-0.25, -0.2) is 0 Å². The van der Waals surface area contributed by atoms with Crippen LogP contribution in [0.5, 0.6) is 0 Å². The summed E-state index contributed by atoms with van der Waals surface area (Å²) in [6.45, 7) is 8.96. The minimum absolute atomic E-state index is 0.0575. The third-order valence-corrected chi connectivity index (χ3v) is 2.73. The van der Waals surface area contributed by atoms with Crippen LogP contribution in [-0.2, 0) is 9.59 Å². The van der Waals surface area contributed by atoms with Crippen molar-refractivity contribution in [1.82, 2.24) is 4.90 Å². The van der Waals surface area contributed by atoms with E-state index >= 15 is 0 Å². The van der Waals surface area contributed by atoms with Gasteiger partial charge in [0, 0.05) is 30.8 Å². The third-order valence-electron chi connectivity index (χ3n) is 2.73. The number of hydrogen-bond donors (Lipinski definition) is 0. The lowest BCUT2D eigenvalue weighted by molar-refractivity contribution is -0.126. The van der Waals surface area contributed by atoms with Crippen molar-refractivity contribution >= 4 is 11.7 Å². The molecule has 0 saturated carbocycles. The minimum Gasteiger partial charge on any atom is -0.331 e. The van der Waals surface area contributed by atoms with Crippen LogP contribution in [0, 0.1) is 23.2 Å². The second-order valence-electron chi connectivity index (χ2n) is 5.72. The molecule has 1 amide bonds. The molecule has 1 fully saturated rings. The molecule has 0 aromatic heterocycles. The molecule has 0 aromatic rings. The van der Waals surface area contributed by atoms with E-state index in [4.69, 9.17) is 0 Å². The van der Waals surface area contributed by atoms with Gasteiger partial charge in [0.1, 0.15) is 5.78 Å². The number of Topliss-reactive ketones (excluding diaryl/α,β-unsaturated/α-hetero) is 1. The largest absolute Gasteiger partial charge is 0.331 e. The minimum atomic E-state index is -0.164. The first-order chi connectivity index (χ1) is 7.79. The van der Waals surface area contributed by atoms with Crippen LogP contribution in [0.15, 0.2) is 0 Å². The highest BCUT2D eigenvalue weighted by molar-refractivity contribution is 5.94. The number of rotatable bonds is 0. The van der Waals surface area contributed by atoms with E-state index in [1.807, 2.05) is 27.7 Å². The maximum Gasteiger partial charge on any atom is 0.298 e. The van der Waals surface area contributed by atoms with E-state index in [9.17, 15) is 9.59 Å². The molecule has 3 heteroatoms. The summed E-state index contributed by atoms with van der Waals surface area (Å²) in [4.78, 5) is 25.1. The highest BCUT2D eigenvalue weighted by Crippen LogP contribution is 2.13. The van der Waals surface area contributed by atoms with Crippen LogP contribution in [0.25, 0.3) is 0 Å². The summed E-state index contributed by atoms with van der Waals surface area (Å²) in [6, 6.07) is 0. The van der Waals surface area contributed by atoms with E-state index in [1.165, 1.54) is 0 Å². The van der Waals surface area contributed by atoms with Crippen molar-refractivity contribution in [3.8, 4) is 11.8 Å². The van der Waals surface area contributed by atoms with Crippen LogP contribution in [0.4, 0.5) is 0 Å². The molecule has 1 rings (SSSR count). The summed E-state index contributed by atoms with van der Waals surface area (Å²) >= 11 is 0. The van der Waals surface area contributed by atoms with E-state index in [0.717, 1.165) is 6.42 Å². The Bertz CT molecular complexity index is 368. The lowest BCUT2D eigenvalue weighted by atomic mass is 9.98. The summed E-state index contributed by atoms with van der Waals surface area (Å²) in [5.41, 5.74) is -0.164. The van der Waals surface area contributed by atoms with Crippen molar-refractivity contribution in [3.63, 3.8) is 0 Å². The third kappa shape index (κ3) is 4.60. The molecule has 0 spiro atoms. The molecule has 1 atom stereocenters. The molecule has 0 aliphatic carbocycles. The van der Waals surface area contributed by atoms with Crippen molar-refractivity contribution in [1.29, 1.82) is 0 Å². The van der Waals surface area contributed by atoms with Gasteiger partial charge >= 0.3 is 0 Å². The summed E-state index contributed by atoms with van der Waals surface area (Å²) in [7, 11) is 0. The van der Waals surface area contributed by atoms with Crippen LogP contribution in [0.1, 0.15) is 40.5 Å². The summed E-state index contributed by atoms with van der Waals surface area (Å²) in [6.07, 6.45) is 1.34. The molecule has 17 heavy (non-hydrogen) atoms. The Hall–Kier alpha value is -1.30. The zero-order chi connectivity index (χ0) is 13.1. The number of likely N-dealkylation sites (tertiary alicyclic amines) is 1. The monoisotopic (exact) mass is 235 g/mol. The lowest BCUT2D eigenvalue weighted by Gasteiger charge is -2.19. The SMILES string of the molecule is CC1CN(C(=O)C#CC(C)(C)C)CCCC1=O. The first-order valence-corrected chi connectivity index (χ1v) is 6.14. The average molecular weight is 235 g/mol. The van der Waals surface area contributed by atoms with Gasteiger partial charge in [-0.05, 0) is 33.1 Å². The van der Waals surface area contributed by atoms with Crippen LogP contribution in [0.2, 0.25) is 0 Å². The van der Waals surface area contributed by atoms with Crippen molar-refractivity contribution in [2.45, 2.75) is 40.5 Å². The molecular weight excluding hydrogens is 214 g/mol. The van der Waals surface area contributed by atoms with Gasteiger partial charge in [-0.1, -0.05) is 12.8 Å². The van der Waals surface area contributed by atoms with Crippen molar-refractivity contribution in [3.05, 3.63) is 0 Å². The van der Waals surface area contributed by atoms with Gasteiger partial charge in [-0.15, -0.1) is 0 Å². The number of hydrogen-bond acceptors (Lipinski definition) is 2. The molecule has 3 nitrogen and oxygen atoms in total. The Morgan fingerprint density at radius 1 is 1.41 bits per heavy atom. The Morgan fingerprint density at radius 2 is 2.06 bits per heavy atom. The number of carbonyl (C=O) groups excluding carboxylic acids is 2. The first-order valence-electron chi connectivity index (χ1n) is 6.14. The fraction of sp³-hybridized carbons (Fsp3) is 0.714. The second-order valence-corrected chi connectivity index (χ2v) is 5.72. The lowest BCUT2D eigenvalue weighted by Crippen LogP contribution is -2.34. The number of ketones is 1. The normalized spacial score (nSPS) is 21.5. The van der Waals surface area contributed by atoms with Gasteiger partial charge in [0.2, 0.25) is 0 Å². The zero-order valence-corrected chi connectivity index (χ0v) is 11.2. The average Bonchev–Trinajstić information content (AvgIpc) is 2.37. The molecule has 0 bridgehead atoms. The summed E-state index contributed by atoms with van der Waals surface area (Å²) < 4.78 is 0. The van der Waals surface area contributed by atoms with Crippen LogP contribution < -0.4 is 0 Å². The Balaban J connectivity index is 2.69. The predicted octanol–water partition coefficient (Wildman–Crippen LogP) is 1.86. The number of amides is 1. The second kappa shape index (κ2) is 5.35. The maximum atomic E-state index is 11.9.